The summed E-state index contributed by atoms with van der Waals surface area (Å²) in [5.41, 5.74) is 0.747. The van der Waals surface area contributed by atoms with Crippen molar-refractivity contribution < 1.29 is 9.18 Å². The van der Waals surface area contributed by atoms with Gasteiger partial charge in [-0.05, 0) is 49.2 Å². The summed E-state index contributed by atoms with van der Waals surface area (Å²) in [6.07, 6.45) is 7.74. The van der Waals surface area contributed by atoms with Gasteiger partial charge in [-0.2, -0.15) is 0 Å². The monoisotopic (exact) mass is 317 g/mol. The molecule has 1 N–H and O–H groups in total. The minimum absolute atomic E-state index is 0.0126. The fourth-order valence-corrected chi connectivity index (χ4v) is 3.01. The number of thiophene rings is 1. The number of hydrogen-bond acceptors (Lipinski definition) is 3. The molecule has 1 aromatic heterocycles. The van der Waals surface area contributed by atoms with Crippen molar-refractivity contribution in [1.82, 2.24) is 0 Å². The van der Waals surface area contributed by atoms with Crippen molar-refractivity contribution in [1.29, 1.82) is 0 Å². The third-order valence-electron chi connectivity index (χ3n) is 3.26. The second-order valence-electron chi connectivity index (χ2n) is 5.07. The largest absolute Gasteiger partial charge is 0.362 e. The molecular weight excluding hydrogens is 297 g/mol. The van der Waals surface area contributed by atoms with Gasteiger partial charge in [0.15, 0.2) is 5.78 Å². The quantitative estimate of drug-likeness (QED) is 0.400. The van der Waals surface area contributed by atoms with Crippen LogP contribution in [0.3, 0.4) is 0 Å². The molecule has 1 heterocycles. The first kappa shape index (κ1) is 16.4. The van der Waals surface area contributed by atoms with Gasteiger partial charge in [0.1, 0.15) is 5.82 Å². The predicted molar refractivity (Wildman–Crippen MR) is 91.0 cm³/mol. The van der Waals surface area contributed by atoms with Crippen LogP contribution in [0.15, 0.2) is 48.7 Å². The molecule has 116 valence electrons. The summed E-state index contributed by atoms with van der Waals surface area (Å²) in [7, 11) is 0. The maximum absolute atomic E-state index is 12.8. The Morgan fingerprint density at radius 1 is 1.18 bits per heavy atom. The molecule has 0 atom stereocenters. The van der Waals surface area contributed by atoms with Crippen LogP contribution in [0.2, 0.25) is 0 Å². The van der Waals surface area contributed by atoms with E-state index in [9.17, 15) is 9.18 Å². The van der Waals surface area contributed by atoms with E-state index in [0.29, 0.717) is 0 Å². The van der Waals surface area contributed by atoms with E-state index in [-0.39, 0.29) is 11.6 Å². The lowest BCUT2D eigenvalue weighted by molar-refractivity contribution is 0.105. The van der Waals surface area contributed by atoms with E-state index in [4.69, 9.17) is 0 Å². The molecule has 2 nitrogen and oxygen atoms in total. The summed E-state index contributed by atoms with van der Waals surface area (Å²) >= 11 is 1.56. The molecule has 0 amide bonds. The number of allylic oxidation sites excluding steroid dienone is 1. The standard InChI is InChI=1S/C18H20FNOS/c1-2-3-4-5-16-10-11-18(22-16)17(21)12-13-20-15-8-6-14(19)7-9-15/h6-13,20H,2-5H2,1H3/b13-12-. The smallest absolute Gasteiger partial charge is 0.197 e. The minimum Gasteiger partial charge on any atom is -0.362 e. The average molecular weight is 317 g/mol. The van der Waals surface area contributed by atoms with Gasteiger partial charge < -0.3 is 5.32 Å². The molecule has 0 aliphatic rings. The van der Waals surface area contributed by atoms with Crippen molar-refractivity contribution in [3.63, 3.8) is 0 Å². The van der Waals surface area contributed by atoms with Crippen LogP contribution >= 0.6 is 11.3 Å². The Labute approximate surface area is 134 Å². The zero-order chi connectivity index (χ0) is 15.8. The number of halogens is 1. The maximum atomic E-state index is 12.8. The van der Waals surface area contributed by atoms with Gasteiger partial charge in [0.2, 0.25) is 0 Å². The third kappa shape index (κ3) is 5.11. The maximum Gasteiger partial charge on any atom is 0.197 e. The van der Waals surface area contributed by atoms with Crippen LogP contribution in [0.1, 0.15) is 40.7 Å². The predicted octanol–water partition coefficient (Wildman–Crippen LogP) is 5.43. The Bertz CT molecular complexity index is 631. The first-order valence-electron chi connectivity index (χ1n) is 7.50. The highest BCUT2D eigenvalue weighted by Crippen LogP contribution is 2.20. The molecule has 0 spiro atoms. The molecule has 0 saturated heterocycles. The molecule has 4 heteroatoms. The van der Waals surface area contributed by atoms with Crippen molar-refractivity contribution in [2.75, 3.05) is 5.32 Å². The highest BCUT2D eigenvalue weighted by atomic mass is 32.1. The molecule has 0 radical (unpaired) electrons. The summed E-state index contributed by atoms with van der Waals surface area (Å²) in [5.74, 6) is -0.291. The molecule has 22 heavy (non-hydrogen) atoms. The molecule has 2 rings (SSSR count). The van der Waals surface area contributed by atoms with Crippen LogP contribution in [-0.2, 0) is 6.42 Å². The fraction of sp³-hybridized carbons (Fsp3) is 0.278. The fourth-order valence-electron chi connectivity index (χ4n) is 2.04. The molecule has 0 fully saturated rings. The van der Waals surface area contributed by atoms with Crippen LogP contribution in [0, 0.1) is 5.82 Å². The lowest BCUT2D eigenvalue weighted by atomic mass is 10.2. The van der Waals surface area contributed by atoms with Crippen LogP contribution < -0.4 is 5.32 Å². The lowest BCUT2D eigenvalue weighted by Gasteiger charge is -1.99. The number of anilines is 1. The van der Waals surface area contributed by atoms with Crippen molar-refractivity contribution in [3.8, 4) is 0 Å². The number of unbranched alkanes of at least 4 members (excludes halogenated alkanes) is 2. The summed E-state index contributed by atoms with van der Waals surface area (Å²) in [5, 5.41) is 2.96. The minimum atomic E-state index is -0.278. The highest BCUT2D eigenvalue weighted by Gasteiger charge is 2.06. The Kier molecular flexibility index (Phi) is 6.34. The molecule has 0 unspecified atom stereocenters. The molecular formula is C18H20FNOS. The van der Waals surface area contributed by atoms with Gasteiger partial charge in [0, 0.05) is 22.8 Å². The Hall–Kier alpha value is -1.94. The molecule has 0 saturated carbocycles. The highest BCUT2D eigenvalue weighted by molar-refractivity contribution is 7.14. The molecule has 2 aromatic rings. The van der Waals surface area contributed by atoms with E-state index >= 15 is 0 Å². The van der Waals surface area contributed by atoms with E-state index < -0.39 is 0 Å². The van der Waals surface area contributed by atoms with E-state index in [1.165, 1.54) is 42.3 Å². The number of benzene rings is 1. The number of rotatable bonds is 8. The number of nitrogens with one attached hydrogen (secondary N) is 1. The summed E-state index contributed by atoms with van der Waals surface area (Å²) in [6.45, 7) is 2.18. The Morgan fingerprint density at radius 3 is 2.68 bits per heavy atom. The van der Waals surface area contributed by atoms with Gasteiger partial charge in [-0.3, -0.25) is 4.79 Å². The van der Waals surface area contributed by atoms with Gasteiger partial charge in [-0.1, -0.05) is 19.8 Å². The van der Waals surface area contributed by atoms with Crippen LogP contribution in [0.4, 0.5) is 10.1 Å². The van der Waals surface area contributed by atoms with Crippen molar-refractivity contribution in [3.05, 3.63) is 64.2 Å². The first-order chi connectivity index (χ1) is 10.7. The zero-order valence-electron chi connectivity index (χ0n) is 12.6. The number of ketones is 1. The SMILES string of the molecule is CCCCCc1ccc(C(=O)/C=C\Nc2ccc(F)cc2)s1. The summed E-state index contributed by atoms with van der Waals surface area (Å²) in [4.78, 5) is 14.1. The first-order valence-corrected chi connectivity index (χ1v) is 8.32. The van der Waals surface area contributed by atoms with Gasteiger partial charge in [-0.25, -0.2) is 4.39 Å². The Morgan fingerprint density at radius 2 is 1.95 bits per heavy atom. The van der Waals surface area contributed by atoms with Gasteiger partial charge in [-0.15, -0.1) is 11.3 Å². The molecule has 0 bridgehead atoms. The third-order valence-corrected chi connectivity index (χ3v) is 4.42. The average Bonchev–Trinajstić information content (AvgIpc) is 2.98. The van der Waals surface area contributed by atoms with E-state index in [2.05, 4.69) is 12.2 Å². The van der Waals surface area contributed by atoms with Crippen LogP contribution in [0.25, 0.3) is 0 Å². The Balaban J connectivity index is 1.86. The normalized spacial score (nSPS) is 11.0. The summed E-state index contributed by atoms with van der Waals surface area (Å²) < 4.78 is 12.8. The second kappa shape index (κ2) is 8.49. The number of hydrogen-bond donors (Lipinski definition) is 1. The lowest BCUT2D eigenvalue weighted by Crippen LogP contribution is -1.93. The van der Waals surface area contributed by atoms with Crippen molar-refractivity contribution in [2.45, 2.75) is 32.6 Å². The zero-order valence-corrected chi connectivity index (χ0v) is 13.5. The second-order valence-corrected chi connectivity index (χ2v) is 6.24. The van der Waals surface area contributed by atoms with E-state index in [1.807, 2.05) is 12.1 Å². The summed E-state index contributed by atoms with van der Waals surface area (Å²) in [6, 6.07) is 9.92. The number of carbonyl (C=O) groups is 1. The van der Waals surface area contributed by atoms with Crippen LogP contribution in [0.5, 0.6) is 0 Å². The van der Waals surface area contributed by atoms with Gasteiger partial charge in [0.25, 0.3) is 0 Å². The number of carbonyl (C=O) groups excluding carboxylic acids is 1. The molecule has 0 aliphatic heterocycles. The van der Waals surface area contributed by atoms with Crippen molar-refractivity contribution in [2.24, 2.45) is 0 Å². The van der Waals surface area contributed by atoms with Crippen molar-refractivity contribution >= 4 is 22.8 Å². The molecule has 0 aliphatic carbocycles. The van der Waals surface area contributed by atoms with E-state index in [0.717, 1.165) is 17.0 Å². The topological polar surface area (TPSA) is 29.1 Å². The van der Waals surface area contributed by atoms with Gasteiger partial charge in [0.05, 0.1) is 4.88 Å². The molecule has 1 aromatic carbocycles. The van der Waals surface area contributed by atoms with Crippen LogP contribution in [-0.4, -0.2) is 5.78 Å². The van der Waals surface area contributed by atoms with Gasteiger partial charge >= 0.3 is 0 Å². The van der Waals surface area contributed by atoms with E-state index in [1.54, 1.807) is 29.7 Å². The number of aryl methyl sites for hydroxylation is 1.